The van der Waals surface area contributed by atoms with E-state index in [0.29, 0.717) is 6.10 Å². The summed E-state index contributed by atoms with van der Waals surface area (Å²) in [5, 5.41) is 0. The molecule has 1 aromatic rings. The predicted octanol–water partition coefficient (Wildman–Crippen LogP) is 4.61. The average Bonchev–Trinajstić information content (AvgIpc) is 2.62. The number of rotatable bonds is 3. The van der Waals surface area contributed by atoms with Crippen molar-refractivity contribution in [3.63, 3.8) is 0 Å². The lowest BCUT2D eigenvalue weighted by Crippen LogP contribution is -2.21. The minimum atomic E-state index is 0.495. The Morgan fingerprint density at radius 1 is 1.47 bits per heavy atom. The molecule has 15 heavy (non-hydrogen) atoms. The molecule has 0 amide bonds. The van der Waals surface area contributed by atoms with Crippen LogP contribution in [0, 0.1) is 5.92 Å². The number of thiophene rings is 1. The molecule has 1 aromatic heterocycles. The van der Waals surface area contributed by atoms with E-state index in [2.05, 4.69) is 35.0 Å². The molecule has 2 atom stereocenters. The second-order valence-electron chi connectivity index (χ2n) is 4.41. The fraction of sp³-hybridized carbons (Fsp3) is 0.667. The van der Waals surface area contributed by atoms with Gasteiger partial charge in [0, 0.05) is 4.88 Å². The Morgan fingerprint density at radius 2 is 2.33 bits per heavy atom. The normalized spacial score (nSPS) is 26.8. The number of hydrogen-bond donors (Lipinski definition) is 0. The highest BCUT2D eigenvalue weighted by atomic mass is 79.9. The van der Waals surface area contributed by atoms with Gasteiger partial charge in [-0.25, -0.2) is 0 Å². The third-order valence-corrected chi connectivity index (χ3v) is 4.58. The number of ether oxygens (including phenoxy) is 1. The van der Waals surface area contributed by atoms with Gasteiger partial charge in [-0.2, -0.15) is 0 Å². The molecule has 2 rings (SSSR count). The zero-order valence-electron chi connectivity index (χ0n) is 9.04. The van der Waals surface area contributed by atoms with E-state index in [4.69, 9.17) is 4.74 Å². The summed E-state index contributed by atoms with van der Waals surface area (Å²) in [6, 6.07) is 4.23. The van der Waals surface area contributed by atoms with Crippen molar-refractivity contribution in [3.05, 3.63) is 20.8 Å². The van der Waals surface area contributed by atoms with Crippen LogP contribution in [0.2, 0.25) is 0 Å². The van der Waals surface area contributed by atoms with Gasteiger partial charge in [-0.15, -0.1) is 11.3 Å². The van der Waals surface area contributed by atoms with Crippen molar-refractivity contribution >= 4 is 27.3 Å². The van der Waals surface area contributed by atoms with Crippen LogP contribution >= 0.6 is 27.3 Å². The molecule has 0 bridgehead atoms. The van der Waals surface area contributed by atoms with Gasteiger partial charge >= 0.3 is 0 Å². The van der Waals surface area contributed by atoms with Crippen molar-refractivity contribution in [1.29, 1.82) is 0 Å². The highest BCUT2D eigenvalue weighted by Gasteiger charge is 2.19. The molecule has 0 aliphatic heterocycles. The van der Waals surface area contributed by atoms with Crippen LogP contribution in [0.15, 0.2) is 15.9 Å². The van der Waals surface area contributed by atoms with Crippen molar-refractivity contribution in [2.45, 2.75) is 45.3 Å². The van der Waals surface area contributed by atoms with Crippen LogP contribution in [0.4, 0.5) is 0 Å². The lowest BCUT2D eigenvalue weighted by atomic mass is 9.89. The first-order chi connectivity index (χ1) is 7.24. The van der Waals surface area contributed by atoms with Gasteiger partial charge in [0.05, 0.1) is 16.5 Å². The lowest BCUT2D eigenvalue weighted by molar-refractivity contribution is 0.00591. The molecule has 1 heterocycles. The monoisotopic (exact) mass is 288 g/mol. The van der Waals surface area contributed by atoms with Gasteiger partial charge in [0.15, 0.2) is 0 Å². The van der Waals surface area contributed by atoms with E-state index in [1.54, 1.807) is 11.3 Å². The minimum Gasteiger partial charge on any atom is -0.373 e. The Hall–Kier alpha value is 0.140. The summed E-state index contributed by atoms with van der Waals surface area (Å²) in [6.45, 7) is 3.12. The second-order valence-corrected chi connectivity index (χ2v) is 6.96. The summed E-state index contributed by atoms with van der Waals surface area (Å²) >= 11 is 5.24. The number of hydrogen-bond acceptors (Lipinski definition) is 2. The van der Waals surface area contributed by atoms with Gasteiger partial charge in [-0.1, -0.05) is 19.8 Å². The first kappa shape index (κ1) is 11.6. The maximum atomic E-state index is 5.94. The molecule has 1 aliphatic rings. The molecular formula is C12H17BrOS. The van der Waals surface area contributed by atoms with E-state index in [1.807, 2.05) is 0 Å². The van der Waals surface area contributed by atoms with Gasteiger partial charge in [-0.05, 0) is 46.8 Å². The Bertz CT molecular complexity index is 310. The SMILES string of the molecule is CC1CCCC(OCc2ccc(Br)s2)C1. The van der Waals surface area contributed by atoms with Gasteiger partial charge < -0.3 is 4.74 Å². The largest absolute Gasteiger partial charge is 0.373 e. The maximum Gasteiger partial charge on any atom is 0.0813 e. The third-order valence-electron chi connectivity index (χ3n) is 2.98. The van der Waals surface area contributed by atoms with E-state index in [9.17, 15) is 0 Å². The summed E-state index contributed by atoms with van der Waals surface area (Å²) in [4.78, 5) is 1.32. The highest BCUT2D eigenvalue weighted by molar-refractivity contribution is 9.11. The van der Waals surface area contributed by atoms with E-state index >= 15 is 0 Å². The highest BCUT2D eigenvalue weighted by Crippen LogP contribution is 2.28. The van der Waals surface area contributed by atoms with Crippen molar-refractivity contribution < 1.29 is 4.74 Å². The van der Waals surface area contributed by atoms with E-state index < -0.39 is 0 Å². The van der Waals surface area contributed by atoms with Crippen LogP contribution in [0.3, 0.4) is 0 Å². The van der Waals surface area contributed by atoms with Crippen LogP contribution in [-0.4, -0.2) is 6.10 Å². The topological polar surface area (TPSA) is 9.23 Å². The summed E-state index contributed by atoms with van der Waals surface area (Å²) < 4.78 is 7.14. The summed E-state index contributed by atoms with van der Waals surface area (Å²) in [5.41, 5.74) is 0. The Balaban J connectivity index is 1.77. The molecule has 0 N–H and O–H groups in total. The van der Waals surface area contributed by atoms with E-state index in [1.165, 1.54) is 34.3 Å². The maximum absolute atomic E-state index is 5.94. The first-order valence-corrected chi connectivity index (χ1v) is 7.21. The molecule has 1 nitrogen and oxygen atoms in total. The zero-order chi connectivity index (χ0) is 10.7. The third kappa shape index (κ3) is 3.58. The molecule has 0 aromatic carbocycles. The number of halogens is 1. The van der Waals surface area contributed by atoms with E-state index in [0.717, 1.165) is 12.5 Å². The van der Waals surface area contributed by atoms with E-state index in [-0.39, 0.29) is 0 Å². The standard InChI is InChI=1S/C12H17BrOS/c1-9-3-2-4-10(7-9)14-8-11-5-6-12(13)15-11/h5-6,9-10H,2-4,7-8H2,1H3. The smallest absolute Gasteiger partial charge is 0.0813 e. The van der Waals surface area contributed by atoms with Crippen molar-refractivity contribution in [2.24, 2.45) is 5.92 Å². The molecule has 1 aliphatic carbocycles. The predicted molar refractivity (Wildman–Crippen MR) is 68.2 cm³/mol. The fourth-order valence-electron chi connectivity index (χ4n) is 2.16. The van der Waals surface area contributed by atoms with Crippen LogP contribution in [0.25, 0.3) is 0 Å². The summed E-state index contributed by atoms with van der Waals surface area (Å²) in [6.07, 6.45) is 5.70. The lowest BCUT2D eigenvalue weighted by Gasteiger charge is -2.26. The van der Waals surface area contributed by atoms with Crippen LogP contribution in [-0.2, 0) is 11.3 Å². The molecule has 1 fully saturated rings. The molecule has 1 saturated carbocycles. The van der Waals surface area contributed by atoms with Crippen molar-refractivity contribution in [3.8, 4) is 0 Å². The second kappa shape index (κ2) is 5.46. The summed E-state index contributed by atoms with van der Waals surface area (Å²) in [5.74, 6) is 0.846. The average molecular weight is 289 g/mol. The first-order valence-electron chi connectivity index (χ1n) is 5.60. The zero-order valence-corrected chi connectivity index (χ0v) is 11.4. The van der Waals surface area contributed by atoms with Crippen molar-refractivity contribution in [1.82, 2.24) is 0 Å². The molecule has 0 radical (unpaired) electrons. The fourth-order valence-corrected chi connectivity index (χ4v) is 3.56. The Morgan fingerprint density at radius 3 is 3.00 bits per heavy atom. The molecular weight excluding hydrogens is 272 g/mol. The van der Waals surface area contributed by atoms with Gasteiger partial charge in [0.2, 0.25) is 0 Å². The quantitative estimate of drug-likeness (QED) is 0.789. The Labute approximate surface area is 104 Å². The molecule has 0 saturated heterocycles. The van der Waals surface area contributed by atoms with Crippen LogP contribution in [0.5, 0.6) is 0 Å². The van der Waals surface area contributed by atoms with Crippen LogP contribution < -0.4 is 0 Å². The molecule has 0 spiro atoms. The minimum absolute atomic E-state index is 0.495. The molecule has 2 unspecified atom stereocenters. The van der Waals surface area contributed by atoms with Gasteiger partial charge in [0.25, 0.3) is 0 Å². The van der Waals surface area contributed by atoms with Gasteiger partial charge in [0.1, 0.15) is 0 Å². The molecule has 84 valence electrons. The molecule has 3 heteroatoms. The summed E-state index contributed by atoms with van der Waals surface area (Å²) in [7, 11) is 0. The Kier molecular flexibility index (Phi) is 4.23. The van der Waals surface area contributed by atoms with Crippen LogP contribution in [0.1, 0.15) is 37.5 Å². The van der Waals surface area contributed by atoms with Crippen molar-refractivity contribution in [2.75, 3.05) is 0 Å². The van der Waals surface area contributed by atoms with Gasteiger partial charge in [-0.3, -0.25) is 0 Å².